The molecule has 3 nitrogen and oxygen atoms in total. The van der Waals surface area contributed by atoms with Crippen LogP contribution < -0.4 is 0 Å². The highest BCUT2D eigenvalue weighted by Crippen LogP contribution is 2.27. The van der Waals surface area contributed by atoms with Gasteiger partial charge >= 0.3 is 0 Å². The molecule has 0 radical (unpaired) electrons. The number of hydrogen-bond donors (Lipinski definition) is 1. The third kappa shape index (κ3) is 2.53. The van der Waals surface area contributed by atoms with Crippen molar-refractivity contribution in [2.45, 2.75) is 39.6 Å². The maximum absolute atomic E-state index is 8.94. The van der Waals surface area contributed by atoms with E-state index in [1.165, 1.54) is 0 Å². The third-order valence-electron chi connectivity index (χ3n) is 2.40. The minimum Gasteiger partial charge on any atom is -0.392 e. The quantitative estimate of drug-likeness (QED) is 0.664. The summed E-state index contributed by atoms with van der Waals surface area (Å²) < 4.78 is 11.1. The van der Waals surface area contributed by atoms with Gasteiger partial charge in [0.2, 0.25) is 0 Å². The van der Waals surface area contributed by atoms with Gasteiger partial charge in [-0.25, -0.2) is 0 Å². The minimum atomic E-state index is -0.484. The van der Waals surface area contributed by atoms with Crippen LogP contribution in [-0.4, -0.2) is 30.2 Å². The standard InChI is InChI=1S/C10H18O3/c1-7(5-11)8(2)9-6-12-10(3,4)13-9/h9,11H,5-6H2,1-4H3/b8-7-. The molecular formula is C10H18O3. The first kappa shape index (κ1) is 10.7. The summed E-state index contributed by atoms with van der Waals surface area (Å²) in [6.07, 6.45) is 0.00199. The van der Waals surface area contributed by atoms with Gasteiger partial charge in [0.05, 0.1) is 13.2 Å². The van der Waals surface area contributed by atoms with Crippen LogP contribution in [-0.2, 0) is 9.47 Å². The van der Waals surface area contributed by atoms with Crippen molar-refractivity contribution in [2.24, 2.45) is 0 Å². The first-order chi connectivity index (χ1) is 5.96. The molecule has 0 amide bonds. The molecule has 0 aliphatic carbocycles. The fourth-order valence-corrected chi connectivity index (χ4v) is 1.30. The Kier molecular flexibility index (Phi) is 3.11. The zero-order chi connectivity index (χ0) is 10.1. The molecule has 1 fully saturated rings. The highest BCUT2D eigenvalue weighted by atomic mass is 16.7. The zero-order valence-corrected chi connectivity index (χ0v) is 8.76. The molecule has 0 bridgehead atoms. The van der Waals surface area contributed by atoms with Gasteiger partial charge in [-0.15, -0.1) is 0 Å². The lowest BCUT2D eigenvalue weighted by Crippen LogP contribution is -2.22. The van der Waals surface area contributed by atoms with Crippen LogP contribution in [0.1, 0.15) is 27.7 Å². The second-order valence-electron chi connectivity index (χ2n) is 3.94. The van der Waals surface area contributed by atoms with Crippen molar-refractivity contribution in [3.05, 3.63) is 11.1 Å². The summed E-state index contributed by atoms with van der Waals surface area (Å²) in [6.45, 7) is 8.34. The summed E-state index contributed by atoms with van der Waals surface area (Å²) >= 11 is 0. The molecule has 13 heavy (non-hydrogen) atoms. The van der Waals surface area contributed by atoms with Crippen molar-refractivity contribution in [1.82, 2.24) is 0 Å². The molecule has 0 spiro atoms. The van der Waals surface area contributed by atoms with E-state index >= 15 is 0 Å². The van der Waals surface area contributed by atoms with Crippen LogP contribution in [0.3, 0.4) is 0 Å². The van der Waals surface area contributed by atoms with Gasteiger partial charge in [0.15, 0.2) is 5.79 Å². The molecule has 1 unspecified atom stereocenters. The second-order valence-corrected chi connectivity index (χ2v) is 3.94. The molecule has 0 aromatic rings. The Balaban J connectivity index is 2.66. The van der Waals surface area contributed by atoms with Crippen molar-refractivity contribution in [1.29, 1.82) is 0 Å². The molecule has 1 saturated heterocycles. The number of rotatable bonds is 2. The Bertz CT molecular complexity index is 218. The Morgan fingerprint density at radius 1 is 1.46 bits per heavy atom. The number of hydrogen-bond acceptors (Lipinski definition) is 3. The van der Waals surface area contributed by atoms with E-state index in [1.807, 2.05) is 27.7 Å². The molecule has 0 aromatic heterocycles. The van der Waals surface area contributed by atoms with Crippen molar-refractivity contribution < 1.29 is 14.6 Å². The molecule has 1 aliphatic heterocycles. The van der Waals surface area contributed by atoms with Crippen LogP contribution in [0.4, 0.5) is 0 Å². The summed E-state index contributed by atoms with van der Waals surface area (Å²) in [7, 11) is 0. The predicted octanol–water partition coefficient (Wildman–Crippen LogP) is 1.47. The van der Waals surface area contributed by atoms with Crippen molar-refractivity contribution >= 4 is 0 Å². The molecular weight excluding hydrogens is 168 g/mol. The highest BCUT2D eigenvalue weighted by Gasteiger charge is 2.33. The topological polar surface area (TPSA) is 38.7 Å². The van der Waals surface area contributed by atoms with Gasteiger partial charge in [-0.05, 0) is 38.8 Å². The third-order valence-corrected chi connectivity index (χ3v) is 2.40. The molecule has 1 atom stereocenters. The van der Waals surface area contributed by atoms with E-state index in [-0.39, 0.29) is 12.7 Å². The largest absolute Gasteiger partial charge is 0.392 e. The molecule has 1 aliphatic rings. The van der Waals surface area contributed by atoms with Gasteiger partial charge in [0.1, 0.15) is 6.10 Å². The van der Waals surface area contributed by atoms with Gasteiger partial charge < -0.3 is 14.6 Å². The SMILES string of the molecule is C/C(CO)=C(\C)C1COC(C)(C)O1. The van der Waals surface area contributed by atoms with Gasteiger partial charge in [0, 0.05) is 0 Å². The molecule has 1 N–H and O–H groups in total. The average Bonchev–Trinajstić information content (AvgIpc) is 2.43. The summed E-state index contributed by atoms with van der Waals surface area (Å²) in [6, 6.07) is 0. The van der Waals surface area contributed by atoms with Crippen molar-refractivity contribution in [3.8, 4) is 0 Å². The van der Waals surface area contributed by atoms with E-state index in [9.17, 15) is 0 Å². The van der Waals surface area contributed by atoms with Crippen molar-refractivity contribution in [2.75, 3.05) is 13.2 Å². The second kappa shape index (κ2) is 3.78. The normalized spacial score (nSPS) is 28.8. The molecule has 3 heteroatoms. The van der Waals surface area contributed by atoms with Gasteiger partial charge in [-0.1, -0.05) is 0 Å². The van der Waals surface area contributed by atoms with Crippen LogP contribution in [0.5, 0.6) is 0 Å². The van der Waals surface area contributed by atoms with Crippen LogP contribution >= 0.6 is 0 Å². The first-order valence-electron chi connectivity index (χ1n) is 4.55. The van der Waals surface area contributed by atoms with Crippen LogP contribution in [0.15, 0.2) is 11.1 Å². The lowest BCUT2D eigenvalue weighted by atomic mass is 10.1. The van der Waals surface area contributed by atoms with Crippen LogP contribution in [0.25, 0.3) is 0 Å². The molecule has 0 aromatic carbocycles. The van der Waals surface area contributed by atoms with E-state index in [0.29, 0.717) is 6.61 Å². The highest BCUT2D eigenvalue weighted by molar-refractivity contribution is 5.15. The summed E-state index contributed by atoms with van der Waals surface area (Å²) in [5.74, 6) is -0.484. The average molecular weight is 186 g/mol. The van der Waals surface area contributed by atoms with Crippen molar-refractivity contribution in [3.63, 3.8) is 0 Å². The smallest absolute Gasteiger partial charge is 0.163 e. The Morgan fingerprint density at radius 3 is 2.46 bits per heavy atom. The molecule has 0 saturated carbocycles. The monoisotopic (exact) mass is 186 g/mol. The van der Waals surface area contributed by atoms with E-state index in [4.69, 9.17) is 14.6 Å². The van der Waals surface area contributed by atoms with Gasteiger partial charge in [0.25, 0.3) is 0 Å². The minimum absolute atomic E-state index is 0.00199. The lowest BCUT2D eigenvalue weighted by Gasteiger charge is -2.18. The Labute approximate surface area is 79.3 Å². The summed E-state index contributed by atoms with van der Waals surface area (Å²) in [5, 5.41) is 8.94. The maximum atomic E-state index is 8.94. The fourth-order valence-electron chi connectivity index (χ4n) is 1.30. The molecule has 76 valence electrons. The Morgan fingerprint density at radius 2 is 2.08 bits per heavy atom. The predicted molar refractivity (Wildman–Crippen MR) is 50.4 cm³/mol. The summed E-state index contributed by atoms with van der Waals surface area (Å²) in [5.41, 5.74) is 2.04. The van der Waals surface area contributed by atoms with Gasteiger partial charge in [-0.2, -0.15) is 0 Å². The van der Waals surface area contributed by atoms with E-state index < -0.39 is 5.79 Å². The molecule has 1 rings (SSSR count). The Hall–Kier alpha value is -0.380. The maximum Gasteiger partial charge on any atom is 0.163 e. The first-order valence-corrected chi connectivity index (χ1v) is 4.55. The van der Waals surface area contributed by atoms with E-state index in [2.05, 4.69) is 0 Å². The van der Waals surface area contributed by atoms with E-state index in [1.54, 1.807) is 0 Å². The summed E-state index contributed by atoms with van der Waals surface area (Å²) in [4.78, 5) is 0. The number of aliphatic hydroxyl groups is 1. The van der Waals surface area contributed by atoms with Crippen LogP contribution in [0, 0.1) is 0 Å². The van der Waals surface area contributed by atoms with Gasteiger partial charge in [-0.3, -0.25) is 0 Å². The van der Waals surface area contributed by atoms with Crippen LogP contribution in [0.2, 0.25) is 0 Å². The van der Waals surface area contributed by atoms with E-state index in [0.717, 1.165) is 11.1 Å². The zero-order valence-electron chi connectivity index (χ0n) is 8.76. The number of aliphatic hydroxyl groups excluding tert-OH is 1. The lowest BCUT2D eigenvalue weighted by molar-refractivity contribution is -0.134. The number of ether oxygens (including phenoxy) is 2. The molecule has 1 heterocycles. The fraction of sp³-hybridized carbons (Fsp3) is 0.800.